The summed E-state index contributed by atoms with van der Waals surface area (Å²) in [6.07, 6.45) is 2.58. The minimum Gasteiger partial charge on any atom is -0.354 e. The lowest BCUT2D eigenvalue weighted by Crippen LogP contribution is -2.31. The van der Waals surface area contributed by atoms with E-state index in [1.807, 2.05) is 32.0 Å². The van der Waals surface area contributed by atoms with E-state index in [1.54, 1.807) is 0 Å². The molecule has 0 aliphatic rings. The molecular weight excluding hydrogens is 416 g/mol. The van der Waals surface area contributed by atoms with Crippen LogP contribution in [0, 0.1) is 6.92 Å². The zero-order valence-corrected chi connectivity index (χ0v) is 19.6. The molecule has 32 heavy (non-hydrogen) atoms. The Labute approximate surface area is 195 Å². The Morgan fingerprint density at radius 1 is 1.00 bits per heavy atom. The lowest BCUT2D eigenvalue weighted by Gasteiger charge is -2.18. The van der Waals surface area contributed by atoms with Crippen LogP contribution in [-0.4, -0.2) is 16.5 Å². The normalized spacial score (nSPS) is 12.3. The maximum absolute atomic E-state index is 12.8. The molecule has 1 N–H and O–H groups in total. The maximum atomic E-state index is 12.8. The number of nitrogens with zero attached hydrogens (tertiary/aromatic N) is 1. The number of amides is 1. The van der Waals surface area contributed by atoms with E-state index < -0.39 is 0 Å². The number of halogens is 1. The van der Waals surface area contributed by atoms with Crippen LogP contribution in [0.2, 0.25) is 5.02 Å². The summed E-state index contributed by atoms with van der Waals surface area (Å²) in [6, 6.07) is 25.0. The van der Waals surface area contributed by atoms with Gasteiger partial charge in [-0.15, -0.1) is 0 Å². The van der Waals surface area contributed by atoms with E-state index in [-0.39, 0.29) is 17.9 Å². The predicted molar refractivity (Wildman–Crippen MR) is 133 cm³/mol. The van der Waals surface area contributed by atoms with Gasteiger partial charge in [-0.3, -0.25) is 4.79 Å². The number of aromatic nitrogens is 1. The van der Waals surface area contributed by atoms with E-state index in [1.165, 1.54) is 22.0 Å². The molecule has 0 saturated carbocycles. The molecule has 0 bridgehead atoms. The molecule has 3 nitrogen and oxygen atoms in total. The molecule has 0 aliphatic carbocycles. The summed E-state index contributed by atoms with van der Waals surface area (Å²) in [5.74, 6) is -0.0445. The molecule has 0 radical (unpaired) electrons. The van der Waals surface area contributed by atoms with Crippen molar-refractivity contribution in [1.29, 1.82) is 0 Å². The van der Waals surface area contributed by atoms with E-state index in [0.29, 0.717) is 11.4 Å². The second-order valence-electron chi connectivity index (χ2n) is 8.75. The average Bonchev–Trinajstić information content (AvgIpc) is 3.11. The Morgan fingerprint density at radius 3 is 2.47 bits per heavy atom. The summed E-state index contributed by atoms with van der Waals surface area (Å²) in [7, 11) is 0. The molecule has 4 aromatic rings. The third kappa shape index (κ3) is 5.05. The average molecular weight is 445 g/mol. The Morgan fingerprint density at radius 2 is 1.75 bits per heavy atom. The fraction of sp³-hybridized carbons (Fsp3) is 0.250. The number of fused-ring (bicyclic) bond motifs is 1. The SMILES string of the molecule is Cc1ccc(Cn2cc(C(CC(=O)NC(C)C)c3cccc(Cl)c3)c3ccccc32)cc1. The van der Waals surface area contributed by atoms with Gasteiger partial charge in [0.1, 0.15) is 0 Å². The first-order chi connectivity index (χ1) is 15.4. The van der Waals surface area contributed by atoms with Crippen molar-refractivity contribution in [1.82, 2.24) is 9.88 Å². The Hall–Kier alpha value is -3.04. The zero-order valence-electron chi connectivity index (χ0n) is 18.8. The standard InChI is InChI=1S/C28H29ClN2O/c1-19(2)30-28(32)16-25(22-7-6-8-23(29)15-22)26-18-31(27-10-5-4-9-24(26)27)17-21-13-11-20(3)12-14-21/h4-15,18-19,25H,16-17H2,1-3H3,(H,30,32). The smallest absolute Gasteiger partial charge is 0.221 e. The van der Waals surface area contributed by atoms with Crippen molar-refractivity contribution >= 4 is 28.4 Å². The van der Waals surface area contributed by atoms with Crippen LogP contribution < -0.4 is 5.32 Å². The van der Waals surface area contributed by atoms with Crippen LogP contribution in [0.25, 0.3) is 10.9 Å². The highest BCUT2D eigenvalue weighted by atomic mass is 35.5. The van der Waals surface area contributed by atoms with Crippen molar-refractivity contribution in [2.75, 3.05) is 0 Å². The molecule has 4 rings (SSSR count). The molecule has 1 atom stereocenters. The van der Waals surface area contributed by atoms with Gasteiger partial charge in [0.2, 0.25) is 5.91 Å². The summed E-state index contributed by atoms with van der Waals surface area (Å²) >= 11 is 6.34. The fourth-order valence-corrected chi connectivity index (χ4v) is 4.47. The fourth-order valence-electron chi connectivity index (χ4n) is 4.27. The van der Waals surface area contributed by atoms with Gasteiger partial charge < -0.3 is 9.88 Å². The summed E-state index contributed by atoms with van der Waals surface area (Å²) in [5.41, 5.74) is 5.87. The second kappa shape index (κ2) is 9.62. The minimum absolute atomic E-state index is 0.0420. The summed E-state index contributed by atoms with van der Waals surface area (Å²) in [4.78, 5) is 12.8. The molecule has 1 aromatic heterocycles. The first-order valence-corrected chi connectivity index (χ1v) is 11.5. The molecule has 0 aliphatic heterocycles. The molecule has 0 fully saturated rings. The lowest BCUT2D eigenvalue weighted by molar-refractivity contribution is -0.121. The number of carbonyl (C=O) groups is 1. The van der Waals surface area contributed by atoms with Crippen LogP contribution in [0.4, 0.5) is 0 Å². The van der Waals surface area contributed by atoms with Crippen molar-refractivity contribution in [3.8, 4) is 0 Å². The van der Waals surface area contributed by atoms with Gasteiger partial charge in [0.05, 0.1) is 0 Å². The van der Waals surface area contributed by atoms with Gasteiger partial charge in [-0.25, -0.2) is 0 Å². The molecule has 0 saturated heterocycles. The van der Waals surface area contributed by atoms with E-state index in [9.17, 15) is 4.79 Å². The monoisotopic (exact) mass is 444 g/mol. The number of nitrogens with one attached hydrogen (secondary N) is 1. The van der Waals surface area contributed by atoms with E-state index in [0.717, 1.165) is 17.7 Å². The topological polar surface area (TPSA) is 34.0 Å². The molecule has 1 heterocycles. The Bertz CT molecular complexity index is 1220. The number of hydrogen-bond acceptors (Lipinski definition) is 1. The molecule has 4 heteroatoms. The minimum atomic E-state index is -0.0865. The zero-order chi connectivity index (χ0) is 22.7. The number of hydrogen-bond donors (Lipinski definition) is 1. The molecule has 0 spiro atoms. The van der Waals surface area contributed by atoms with Crippen molar-refractivity contribution in [2.24, 2.45) is 0 Å². The van der Waals surface area contributed by atoms with Gasteiger partial charge in [0, 0.05) is 47.0 Å². The Kier molecular flexibility index (Phi) is 6.66. The highest BCUT2D eigenvalue weighted by Crippen LogP contribution is 2.36. The van der Waals surface area contributed by atoms with Crippen LogP contribution in [0.1, 0.15) is 48.4 Å². The highest BCUT2D eigenvalue weighted by Gasteiger charge is 2.23. The molecule has 164 valence electrons. The van der Waals surface area contributed by atoms with Crippen LogP contribution in [0.5, 0.6) is 0 Å². The van der Waals surface area contributed by atoms with Crippen LogP contribution in [0.3, 0.4) is 0 Å². The van der Waals surface area contributed by atoms with Gasteiger partial charge in [-0.1, -0.05) is 71.8 Å². The van der Waals surface area contributed by atoms with E-state index in [4.69, 9.17) is 11.6 Å². The third-order valence-electron chi connectivity index (χ3n) is 5.76. The van der Waals surface area contributed by atoms with Gasteiger partial charge in [0.15, 0.2) is 0 Å². The summed E-state index contributed by atoms with van der Waals surface area (Å²) < 4.78 is 2.28. The van der Waals surface area contributed by atoms with Crippen molar-refractivity contribution < 1.29 is 4.79 Å². The quantitative estimate of drug-likeness (QED) is 0.338. The van der Waals surface area contributed by atoms with Crippen LogP contribution in [0.15, 0.2) is 79.0 Å². The number of carbonyl (C=O) groups excluding carboxylic acids is 1. The maximum Gasteiger partial charge on any atom is 0.221 e. The van der Waals surface area contributed by atoms with Crippen LogP contribution in [-0.2, 0) is 11.3 Å². The van der Waals surface area contributed by atoms with Gasteiger partial charge in [-0.2, -0.15) is 0 Å². The van der Waals surface area contributed by atoms with Crippen molar-refractivity contribution in [3.63, 3.8) is 0 Å². The van der Waals surface area contributed by atoms with Gasteiger partial charge in [-0.05, 0) is 55.7 Å². The van der Waals surface area contributed by atoms with Gasteiger partial charge in [0.25, 0.3) is 0 Å². The largest absolute Gasteiger partial charge is 0.354 e. The molecular formula is C28H29ClN2O. The lowest BCUT2D eigenvalue weighted by atomic mass is 9.88. The molecule has 1 amide bonds. The third-order valence-corrected chi connectivity index (χ3v) is 5.99. The predicted octanol–water partition coefficient (Wildman–Crippen LogP) is 6.70. The van der Waals surface area contributed by atoms with Crippen molar-refractivity contribution in [3.05, 3.63) is 106 Å². The summed E-state index contributed by atoms with van der Waals surface area (Å²) in [5, 5.41) is 4.90. The molecule has 1 unspecified atom stereocenters. The van der Waals surface area contributed by atoms with Crippen molar-refractivity contribution in [2.45, 2.75) is 45.7 Å². The van der Waals surface area contributed by atoms with E-state index in [2.05, 4.69) is 77.6 Å². The van der Waals surface area contributed by atoms with Crippen LogP contribution >= 0.6 is 11.6 Å². The Balaban J connectivity index is 1.79. The first kappa shape index (κ1) is 22.2. The van der Waals surface area contributed by atoms with Gasteiger partial charge >= 0.3 is 0 Å². The number of rotatable bonds is 7. The van der Waals surface area contributed by atoms with E-state index >= 15 is 0 Å². The first-order valence-electron chi connectivity index (χ1n) is 11.1. The number of aryl methyl sites for hydroxylation is 1. The highest BCUT2D eigenvalue weighted by molar-refractivity contribution is 6.30. The number of para-hydroxylation sites is 1. The second-order valence-corrected chi connectivity index (χ2v) is 9.19. The molecule has 3 aromatic carbocycles. The summed E-state index contributed by atoms with van der Waals surface area (Å²) in [6.45, 7) is 6.85. The number of benzene rings is 3.